The second kappa shape index (κ2) is 15.4. The maximum atomic E-state index is 10.7. The van der Waals surface area contributed by atoms with E-state index in [2.05, 4.69) is 20.8 Å². The van der Waals surface area contributed by atoms with Gasteiger partial charge in [0.2, 0.25) is 0 Å². The van der Waals surface area contributed by atoms with E-state index in [4.69, 9.17) is 13.0 Å². The Labute approximate surface area is 149 Å². The summed E-state index contributed by atoms with van der Waals surface area (Å²) in [5, 5.41) is 0. The van der Waals surface area contributed by atoms with E-state index in [-0.39, 0.29) is 22.4 Å². The molecule has 3 nitrogen and oxygen atoms in total. The number of hydrogen-bond donors (Lipinski definition) is 0. The van der Waals surface area contributed by atoms with Crippen molar-refractivity contribution in [2.75, 3.05) is 18.5 Å². The number of alkyl halides is 3. The fourth-order valence-corrected chi connectivity index (χ4v) is 4.44. The maximum Gasteiger partial charge on any atom is 1.00 e. The van der Waals surface area contributed by atoms with Crippen LogP contribution in [0.4, 0.5) is 13.2 Å². The molecular formula is C13H27AgF3O3PS. The molecule has 0 rings (SSSR count). The molecule has 0 N–H and O–H groups in total. The standard InChI is InChI=1S/C12H27P.CHF3O3S.Ag/c1-4-7-10-13(11-8-5-2)12-9-6-3;2-1(3,4)8(5,6)7;/h4-12H2,1-3H3;(H,5,6,7);/q;;+1/p-1. The van der Waals surface area contributed by atoms with Crippen LogP contribution in [0.2, 0.25) is 0 Å². The number of halogens is 3. The van der Waals surface area contributed by atoms with Gasteiger partial charge in [0.1, 0.15) is 0 Å². The third kappa shape index (κ3) is 17.2. The van der Waals surface area contributed by atoms with Gasteiger partial charge in [0.25, 0.3) is 0 Å². The van der Waals surface area contributed by atoms with Crippen LogP contribution < -0.4 is 0 Å². The first kappa shape index (κ1) is 27.7. The van der Waals surface area contributed by atoms with E-state index in [1.165, 1.54) is 38.5 Å². The first-order valence-corrected chi connectivity index (χ1v) is 10.6. The van der Waals surface area contributed by atoms with Crippen molar-refractivity contribution < 1.29 is 48.5 Å². The first-order valence-electron chi connectivity index (χ1n) is 7.34. The smallest absolute Gasteiger partial charge is 0.741 e. The average Bonchev–Trinajstić information content (AvgIpc) is 2.36. The van der Waals surface area contributed by atoms with Gasteiger partial charge >= 0.3 is 27.9 Å². The molecule has 0 aromatic rings. The Balaban J connectivity index is -0.000000348. The normalized spacial score (nSPS) is 11.6. The Hall–Kier alpha value is 0.870. The molecule has 0 aliphatic carbocycles. The van der Waals surface area contributed by atoms with E-state index in [0.717, 1.165) is 0 Å². The Morgan fingerprint density at radius 1 is 0.864 bits per heavy atom. The van der Waals surface area contributed by atoms with Gasteiger partial charge < -0.3 is 4.55 Å². The van der Waals surface area contributed by atoms with Crippen LogP contribution in [0.5, 0.6) is 0 Å². The summed E-state index contributed by atoms with van der Waals surface area (Å²) in [5.74, 6) is 0. The van der Waals surface area contributed by atoms with Gasteiger partial charge in [-0.3, -0.25) is 0 Å². The molecule has 0 atom stereocenters. The van der Waals surface area contributed by atoms with Gasteiger partial charge in [-0.15, -0.1) is 7.92 Å². The third-order valence-electron chi connectivity index (χ3n) is 2.77. The minimum Gasteiger partial charge on any atom is -0.741 e. The molecule has 0 bridgehead atoms. The molecule has 0 saturated carbocycles. The van der Waals surface area contributed by atoms with Crippen molar-refractivity contribution in [1.82, 2.24) is 0 Å². The molecule has 0 aliphatic rings. The van der Waals surface area contributed by atoms with Crippen LogP contribution in [-0.2, 0) is 32.5 Å². The number of rotatable bonds is 9. The maximum absolute atomic E-state index is 10.7. The minimum absolute atomic E-state index is 0. The average molecular weight is 459 g/mol. The van der Waals surface area contributed by atoms with E-state index in [0.29, 0.717) is 7.92 Å². The van der Waals surface area contributed by atoms with Gasteiger partial charge in [-0.1, -0.05) is 40.0 Å². The molecule has 140 valence electrons. The van der Waals surface area contributed by atoms with Gasteiger partial charge in [-0.2, -0.15) is 13.2 Å². The van der Waals surface area contributed by atoms with Crippen LogP contribution >= 0.6 is 7.92 Å². The molecule has 0 fully saturated rings. The summed E-state index contributed by atoms with van der Waals surface area (Å²) in [6.45, 7) is 6.94. The van der Waals surface area contributed by atoms with Crippen molar-refractivity contribution in [3.05, 3.63) is 0 Å². The number of unbranched alkanes of at least 4 members (excludes halogenated alkanes) is 3. The van der Waals surface area contributed by atoms with Crippen molar-refractivity contribution in [2.24, 2.45) is 0 Å². The second-order valence-electron chi connectivity index (χ2n) is 4.80. The largest absolute Gasteiger partial charge is 1.00 e. The topological polar surface area (TPSA) is 57.2 Å². The Morgan fingerprint density at radius 3 is 1.23 bits per heavy atom. The molecular weight excluding hydrogens is 432 g/mol. The van der Waals surface area contributed by atoms with Gasteiger partial charge in [-0.05, 0) is 37.7 Å². The molecule has 0 saturated heterocycles. The van der Waals surface area contributed by atoms with Crippen molar-refractivity contribution in [3.63, 3.8) is 0 Å². The summed E-state index contributed by atoms with van der Waals surface area (Å²) in [5.41, 5.74) is -5.65. The zero-order valence-corrected chi connectivity index (χ0v) is 16.6. The summed E-state index contributed by atoms with van der Waals surface area (Å²) in [7, 11) is -5.67. The molecule has 0 heterocycles. The quantitative estimate of drug-likeness (QED) is 0.213. The molecule has 0 aromatic carbocycles. The first-order chi connectivity index (χ1) is 9.60. The van der Waals surface area contributed by atoms with Crippen LogP contribution in [0.3, 0.4) is 0 Å². The van der Waals surface area contributed by atoms with E-state index in [1.54, 1.807) is 18.5 Å². The summed E-state index contributed by atoms with van der Waals surface area (Å²) >= 11 is 0. The Morgan fingerprint density at radius 2 is 1.09 bits per heavy atom. The third-order valence-corrected chi connectivity index (χ3v) is 6.18. The molecule has 0 amide bonds. The van der Waals surface area contributed by atoms with E-state index in [9.17, 15) is 13.2 Å². The van der Waals surface area contributed by atoms with Crippen molar-refractivity contribution in [1.29, 1.82) is 0 Å². The molecule has 0 unspecified atom stereocenters. The fraction of sp³-hybridized carbons (Fsp3) is 1.00. The van der Waals surface area contributed by atoms with Crippen LogP contribution in [0.25, 0.3) is 0 Å². The SMILES string of the molecule is CCCCP(CCCC)CCCC.O=S(=O)([O-])C(F)(F)F.[Ag+]. The molecule has 0 aromatic heterocycles. The van der Waals surface area contributed by atoms with Crippen molar-refractivity contribution >= 4 is 18.0 Å². The summed E-state index contributed by atoms with van der Waals surface area (Å²) in [4.78, 5) is 0. The molecule has 0 spiro atoms. The van der Waals surface area contributed by atoms with Gasteiger partial charge in [0, 0.05) is 0 Å². The summed E-state index contributed by atoms with van der Waals surface area (Å²) in [6, 6.07) is 0. The van der Waals surface area contributed by atoms with E-state index in [1.807, 2.05) is 0 Å². The molecule has 22 heavy (non-hydrogen) atoms. The van der Waals surface area contributed by atoms with Gasteiger partial charge in [-0.25, -0.2) is 8.42 Å². The monoisotopic (exact) mass is 458 g/mol. The van der Waals surface area contributed by atoms with Crippen LogP contribution in [0.15, 0.2) is 0 Å². The predicted molar refractivity (Wildman–Crippen MR) is 82.0 cm³/mol. The van der Waals surface area contributed by atoms with Gasteiger partial charge in [0.15, 0.2) is 10.1 Å². The fourth-order valence-electron chi connectivity index (χ4n) is 1.48. The van der Waals surface area contributed by atoms with Crippen LogP contribution in [0.1, 0.15) is 59.3 Å². The van der Waals surface area contributed by atoms with Crippen LogP contribution in [0, 0.1) is 0 Å². The zero-order chi connectivity index (χ0) is 16.9. The predicted octanol–water partition coefficient (Wildman–Crippen LogP) is 4.92. The second-order valence-corrected chi connectivity index (χ2v) is 8.86. The minimum atomic E-state index is -6.09. The molecule has 0 aliphatic heterocycles. The summed E-state index contributed by atoms with van der Waals surface area (Å²) < 4.78 is 58.9. The van der Waals surface area contributed by atoms with E-state index >= 15 is 0 Å². The van der Waals surface area contributed by atoms with Gasteiger partial charge in [0.05, 0.1) is 0 Å². The Kier molecular flexibility index (Phi) is 19.4. The zero-order valence-electron chi connectivity index (χ0n) is 13.4. The van der Waals surface area contributed by atoms with Crippen molar-refractivity contribution in [3.8, 4) is 0 Å². The molecule has 0 radical (unpaired) electrons. The van der Waals surface area contributed by atoms with Crippen LogP contribution in [-0.4, -0.2) is 37.0 Å². The molecule has 9 heteroatoms. The van der Waals surface area contributed by atoms with E-state index < -0.39 is 15.6 Å². The summed E-state index contributed by atoms with van der Waals surface area (Å²) in [6.07, 6.45) is 13.2. The number of hydrogen-bond acceptors (Lipinski definition) is 3. The Bertz CT molecular complexity index is 319. The van der Waals surface area contributed by atoms with Crippen molar-refractivity contribution in [2.45, 2.75) is 64.8 Å².